The number of hydrogen-bond donors (Lipinski definition) is 0. The molecule has 4 nitrogen and oxygen atoms in total. The number of ether oxygens (including phenoxy) is 1. The predicted molar refractivity (Wildman–Crippen MR) is 113 cm³/mol. The molecule has 1 saturated heterocycles. The van der Waals surface area contributed by atoms with E-state index in [0.717, 1.165) is 42.6 Å². The van der Waals surface area contributed by atoms with Gasteiger partial charge >= 0.3 is 0 Å². The van der Waals surface area contributed by atoms with Gasteiger partial charge in [-0.25, -0.2) is 0 Å². The Bertz CT molecular complexity index is 846. The number of carbonyl (C=O) groups is 1. The third-order valence-corrected chi connectivity index (χ3v) is 8.25. The van der Waals surface area contributed by atoms with Crippen LogP contribution in [0.3, 0.4) is 0 Å². The molecule has 1 amide bonds. The molecule has 0 N–H and O–H groups in total. The molecule has 5 rings (SSSR count). The molecule has 3 aliphatic heterocycles. The molecule has 28 heavy (non-hydrogen) atoms. The van der Waals surface area contributed by atoms with Crippen molar-refractivity contribution in [3.8, 4) is 0 Å². The zero-order valence-electron chi connectivity index (χ0n) is 16.6. The summed E-state index contributed by atoms with van der Waals surface area (Å²) in [6.45, 7) is 4.66. The molecule has 0 atom stereocenters. The van der Waals surface area contributed by atoms with E-state index in [2.05, 4.69) is 41.1 Å². The molecule has 1 saturated carbocycles. The molecule has 0 radical (unpaired) electrons. The average Bonchev–Trinajstić information content (AvgIpc) is 3.30. The second kappa shape index (κ2) is 7.34. The van der Waals surface area contributed by atoms with E-state index < -0.39 is 0 Å². The Morgan fingerprint density at radius 1 is 1.18 bits per heavy atom. The van der Waals surface area contributed by atoms with Gasteiger partial charge in [-0.05, 0) is 61.4 Å². The number of likely N-dealkylation sites (tertiary alicyclic amines) is 1. The van der Waals surface area contributed by atoms with Crippen molar-refractivity contribution >= 4 is 22.8 Å². The molecular weight excluding hydrogens is 368 g/mol. The Labute approximate surface area is 171 Å². The number of nitrogens with zero attached hydrogens (tertiary/aromatic N) is 2. The number of amidine groups is 1. The summed E-state index contributed by atoms with van der Waals surface area (Å²) in [4.78, 5) is 20.2. The molecular formula is C23H28N2O2S. The van der Waals surface area contributed by atoms with Crippen molar-refractivity contribution in [1.29, 1.82) is 0 Å². The van der Waals surface area contributed by atoms with Gasteiger partial charge in [-0.1, -0.05) is 49.1 Å². The van der Waals surface area contributed by atoms with Crippen LogP contribution in [0.4, 0.5) is 0 Å². The number of benzene rings is 1. The number of rotatable bonds is 1. The van der Waals surface area contributed by atoms with Gasteiger partial charge in [0.05, 0.1) is 17.1 Å². The lowest BCUT2D eigenvalue weighted by atomic mass is 9.84. The SMILES string of the molecule is C/C(=C1\SC(N2CCC3(CC2)OCc2ccccc23)=NC1=O)C1CCCCC1. The number of allylic oxidation sites excluding steroid dienone is 1. The quantitative estimate of drug-likeness (QED) is 0.627. The second-order valence-electron chi connectivity index (χ2n) is 8.58. The number of hydrogen-bond acceptors (Lipinski definition) is 4. The molecule has 0 aromatic heterocycles. The van der Waals surface area contributed by atoms with Crippen molar-refractivity contribution in [1.82, 2.24) is 4.90 Å². The minimum atomic E-state index is -0.141. The van der Waals surface area contributed by atoms with Gasteiger partial charge in [0.15, 0.2) is 5.17 Å². The lowest BCUT2D eigenvalue weighted by Gasteiger charge is -2.39. The minimum absolute atomic E-state index is 0.0224. The summed E-state index contributed by atoms with van der Waals surface area (Å²) < 4.78 is 6.27. The van der Waals surface area contributed by atoms with Crippen molar-refractivity contribution in [2.45, 2.75) is 64.1 Å². The van der Waals surface area contributed by atoms with Gasteiger partial charge in [-0.15, -0.1) is 0 Å². The number of carbonyl (C=O) groups excluding carboxylic acids is 1. The number of aliphatic imine (C=N–C) groups is 1. The van der Waals surface area contributed by atoms with E-state index in [1.54, 1.807) is 11.8 Å². The molecule has 2 fully saturated rings. The van der Waals surface area contributed by atoms with Crippen LogP contribution in [-0.2, 0) is 21.7 Å². The van der Waals surface area contributed by atoms with E-state index in [-0.39, 0.29) is 11.5 Å². The third-order valence-electron chi connectivity index (χ3n) is 7.01. The monoisotopic (exact) mass is 396 g/mol. The highest BCUT2D eigenvalue weighted by Crippen LogP contribution is 2.45. The van der Waals surface area contributed by atoms with Crippen LogP contribution >= 0.6 is 11.8 Å². The predicted octanol–water partition coefficient (Wildman–Crippen LogP) is 4.99. The lowest BCUT2D eigenvalue weighted by molar-refractivity contribution is -0.113. The molecule has 0 bridgehead atoms. The summed E-state index contributed by atoms with van der Waals surface area (Å²) >= 11 is 1.61. The van der Waals surface area contributed by atoms with Gasteiger partial charge in [-0.2, -0.15) is 4.99 Å². The van der Waals surface area contributed by atoms with Crippen LogP contribution in [0, 0.1) is 5.92 Å². The van der Waals surface area contributed by atoms with Gasteiger partial charge in [-0.3, -0.25) is 4.79 Å². The first-order valence-corrected chi connectivity index (χ1v) is 11.5. The molecule has 1 aromatic carbocycles. The summed E-state index contributed by atoms with van der Waals surface area (Å²) in [6.07, 6.45) is 8.28. The maximum Gasteiger partial charge on any atom is 0.286 e. The fourth-order valence-corrected chi connectivity index (χ4v) is 6.34. The summed E-state index contributed by atoms with van der Waals surface area (Å²) in [6, 6.07) is 8.60. The number of amides is 1. The molecule has 148 valence electrons. The molecule has 0 unspecified atom stereocenters. The zero-order valence-corrected chi connectivity index (χ0v) is 17.4. The summed E-state index contributed by atoms with van der Waals surface area (Å²) in [5.74, 6) is 0.550. The molecule has 1 spiro atoms. The Kier molecular flexibility index (Phi) is 4.84. The summed E-state index contributed by atoms with van der Waals surface area (Å²) in [5.41, 5.74) is 3.82. The van der Waals surface area contributed by atoms with Gasteiger partial charge < -0.3 is 9.64 Å². The fraction of sp³-hybridized carbons (Fsp3) is 0.565. The van der Waals surface area contributed by atoms with Gasteiger partial charge in [0.25, 0.3) is 5.91 Å². The van der Waals surface area contributed by atoms with E-state index in [4.69, 9.17) is 4.74 Å². The highest BCUT2D eigenvalue weighted by molar-refractivity contribution is 8.18. The van der Waals surface area contributed by atoms with Crippen molar-refractivity contribution in [3.63, 3.8) is 0 Å². The lowest BCUT2D eigenvalue weighted by Crippen LogP contribution is -2.44. The van der Waals surface area contributed by atoms with E-state index in [1.807, 2.05) is 0 Å². The smallest absolute Gasteiger partial charge is 0.286 e. The summed E-state index contributed by atoms with van der Waals surface area (Å²) in [7, 11) is 0. The van der Waals surface area contributed by atoms with E-state index in [9.17, 15) is 4.79 Å². The first-order valence-electron chi connectivity index (χ1n) is 10.7. The van der Waals surface area contributed by atoms with E-state index in [0.29, 0.717) is 5.92 Å². The standard InChI is InChI=1S/C23H28N2O2S/c1-16(17-7-3-2-4-8-17)20-21(26)24-22(28-20)25-13-11-23(12-14-25)19-10-6-5-9-18(19)15-27-23/h5-6,9-10,17H,2-4,7-8,11-15H2,1H3/b20-16+. The topological polar surface area (TPSA) is 41.9 Å². The van der Waals surface area contributed by atoms with Crippen molar-refractivity contribution in [2.75, 3.05) is 13.1 Å². The third kappa shape index (κ3) is 3.13. The van der Waals surface area contributed by atoms with Crippen LogP contribution in [-0.4, -0.2) is 29.1 Å². The summed E-state index contributed by atoms with van der Waals surface area (Å²) in [5, 5.41) is 0.899. The van der Waals surface area contributed by atoms with E-state index in [1.165, 1.54) is 48.8 Å². The van der Waals surface area contributed by atoms with Crippen molar-refractivity contribution in [2.24, 2.45) is 10.9 Å². The largest absolute Gasteiger partial charge is 0.365 e. The van der Waals surface area contributed by atoms with Crippen LogP contribution in [0.2, 0.25) is 0 Å². The van der Waals surface area contributed by atoms with Gasteiger partial charge in [0.1, 0.15) is 0 Å². The van der Waals surface area contributed by atoms with Crippen LogP contribution in [0.15, 0.2) is 39.7 Å². The molecule has 4 aliphatic rings. The Morgan fingerprint density at radius 2 is 1.93 bits per heavy atom. The van der Waals surface area contributed by atoms with Gasteiger partial charge in [0, 0.05) is 13.1 Å². The zero-order chi connectivity index (χ0) is 19.1. The Morgan fingerprint density at radius 3 is 2.71 bits per heavy atom. The molecule has 1 aliphatic carbocycles. The van der Waals surface area contributed by atoms with Gasteiger partial charge in [0.2, 0.25) is 0 Å². The van der Waals surface area contributed by atoms with Crippen LogP contribution in [0.5, 0.6) is 0 Å². The highest BCUT2D eigenvalue weighted by atomic mass is 32.2. The molecule has 5 heteroatoms. The van der Waals surface area contributed by atoms with Crippen molar-refractivity contribution < 1.29 is 9.53 Å². The first-order chi connectivity index (χ1) is 13.7. The first kappa shape index (κ1) is 18.4. The number of thioether (sulfide) groups is 1. The van der Waals surface area contributed by atoms with Crippen LogP contribution < -0.4 is 0 Å². The normalized spacial score (nSPS) is 26.5. The minimum Gasteiger partial charge on any atom is -0.365 e. The highest BCUT2D eigenvalue weighted by Gasteiger charge is 2.43. The maximum atomic E-state index is 12.6. The van der Waals surface area contributed by atoms with E-state index >= 15 is 0 Å². The van der Waals surface area contributed by atoms with Crippen LogP contribution in [0.25, 0.3) is 0 Å². The average molecular weight is 397 g/mol. The Balaban J connectivity index is 1.28. The Hall–Kier alpha value is -1.59. The van der Waals surface area contributed by atoms with Crippen molar-refractivity contribution in [3.05, 3.63) is 45.9 Å². The fourth-order valence-electron chi connectivity index (χ4n) is 5.26. The number of fused-ring (bicyclic) bond motifs is 2. The second-order valence-corrected chi connectivity index (χ2v) is 9.55. The van der Waals surface area contributed by atoms with Crippen LogP contribution in [0.1, 0.15) is 63.0 Å². The molecule has 1 aromatic rings. The molecule has 3 heterocycles. The maximum absolute atomic E-state index is 12.6. The number of piperidine rings is 1.